The average molecular weight is 231 g/mol. The first-order chi connectivity index (χ1) is 6.72. The quantitative estimate of drug-likeness (QED) is 0.632. The number of hydrogen-bond donors (Lipinski definition) is 1. The van der Waals surface area contributed by atoms with E-state index in [0.29, 0.717) is 28.2 Å². The largest absolute Gasteiger partial charge is 0.465 e. The predicted molar refractivity (Wildman–Crippen MR) is 54.4 cm³/mol. The molecule has 2 aromatic heterocycles. The van der Waals surface area contributed by atoms with Gasteiger partial charge in [-0.3, -0.25) is 5.10 Å². The summed E-state index contributed by atoms with van der Waals surface area (Å²) in [6.07, 6.45) is 0. The molecule has 0 aromatic carbocycles. The van der Waals surface area contributed by atoms with Gasteiger partial charge < -0.3 is 4.74 Å². The van der Waals surface area contributed by atoms with Crippen LogP contribution in [0, 0.1) is 4.77 Å². The Morgan fingerprint density at radius 3 is 3.21 bits per heavy atom. The first-order valence-corrected chi connectivity index (χ1v) is 4.77. The van der Waals surface area contributed by atoms with E-state index in [1.165, 1.54) is 0 Å². The molecule has 0 spiro atoms. The molecule has 0 unspecified atom stereocenters. The Kier molecular flexibility index (Phi) is 2.39. The molecule has 0 bridgehead atoms. The maximum absolute atomic E-state index is 5.78. The van der Waals surface area contributed by atoms with Crippen LogP contribution in [0.1, 0.15) is 6.92 Å². The van der Waals surface area contributed by atoms with Crippen molar-refractivity contribution >= 4 is 29.5 Å². The maximum atomic E-state index is 5.78. The predicted octanol–water partition coefficient (Wildman–Crippen LogP) is 1.84. The summed E-state index contributed by atoms with van der Waals surface area (Å²) in [7, 11) is 0. The van der Waals surface area contributed by atoms with Gasteiger partial charge in [-0.1, -0.05) is 11.6 Å². The highest BCUT2D eigenvalue weighted by Gasteiger charge is 2.07. The molecule has 7 heteroatoms. The number of H-pyrrole nitrogens is 1. The van der Waals surface area contributed by atoms with Crippen LogP contribution in [0.5, 0.6) is 6.01 Å². The standard InChI is InChI=1S/C7H7ClN4OS/c1-2-13-6-9-4(8)3-5-10-11-7(14)12(5)6/h3H,2H2,1H3,(H,11,14). The van der Waals surface area contributed by atoms with Crippen molar-refractivity contribution in [3.8, 4) is 6.01 Å². The van der Waals surface area contributed by atoms with E-state index in [1.54, 1.807) is 10.5 Å². The summed E-state index contributed by atoms with van der Waals surface area (Å²) in [4.78, 5) is 4.00. The van der Waals surface area contributed by atoms with Crippen molar-refractivity contribution < 1.29 is 4.74 Å². The van der Waals surface area contributed by atoms with Crippen molar-refractivity contribution in [2.75, 3.05) is 6.61 Å². The van der Waals surface area contributed by atoms with E-state index in [2.05, 4.69) is 15.2 Å². The van der Waals surface area contributed by atoms with Crippen LogP contribution in [-0.4, -0.2) is 26.2 Å². The molecule has 0 saturated heterocycles. The van der Waals surface area contributed by atoms with Gasteiger partial charge in [-0.25, -0.2) is 4.40 Å². The molecular weight excluding hydrogens is 224 g/mol. The molecule has 2 heterocycles. The molecule has 1 N–H and O–H groups in total. The average Bonchev–Trinajstić information content (AvgIpc) is 2.48. The van der Waals surface area contributed by atoms with Crippen LogP contribution in [0.15, 0.2) is 6.07 Å². The minimum absolute atomic E-state index is 0.329. The highest BCUT2D eigenvalue weighted by molar-refractivity contribution is 7.71. The molecule has 0 atom stereocenters. The number of ether oxygens (including phenoxy) is 1. The van der Waals surface area contributed by atoms with E-state index < -0.39 is 0 Å². The summed E-state index contributed by atoms with van der Waals surface area (Å²) >= 11 is 10.8. The molecule has 0 aliphatic heterocycles. The number of nitrogens with zero attached hydrogens (tertiary/aromatic N) is 3. The molecule has 0 aliphatic rings. The number of nitrogens with one attached hydrogen (secondary N) is 1. The van der Waals surface area contributed by atoms with E-state index >= 15 is 0 Å². The van der Waals surface area contributed by atoms with Gasteiger partial charge in [0.1, 0.15) is 5.15 Å². The summed E-state index contributed by atoms with van der Waals surface area (Å²) in [5.74, 6) is 0. The summed E-state index contributed by atoms with van der Waals surface area (Å²) in [5.41, 5.74) is 0.596. The molecule has 5 nitrogen and oxygen atoms in total. The second kappa shape index (κ2) is 3.55. The molecule has 0 amide bonds. The fourth-order valence-corrected chi connectivity index (χ4v) is 1.48. The van der Waals surface area contributed by atoms with Gasteiger partial charge in [-0.2, -0.15) is 10.1 Å². The lowest BCUT2D eigenvalue weighted by Crippen LogP contribution is -2.01. The zero-order valence-corrected chi connectivity index (χ0v) is 8.89. The minimum Gasteiger partial charge on any atom is -0.465 e. The molecule has 0 aliphatic carbocycles. The fourth-order valence-electron chi connectivity index (χ4n) is 1.10. The molecule has 14 heavy (non-hydrogen) atoms. The molecule has 74 valence electrons. The molecule has 0 fully saturated rings. The van der Waals surface area contributed by atoms with Crippen LogP contribution in [0.2, 0.25) is 5.15 Å². The van der Waals surface area contributed by atoms with E-state index in [4.69, 9.17) is 28.6 Å². The SMILES string of the molecule is CCOc1nc(Cl)cc2n[nH]c(=S)n12. The summed E-state index contributed by atoms with van der Waals surface area (Å²) in [6, 6.07) is 1.96. The molecule has 2 aromatic rings. The Morgan fingerprint density at radius 2 is 2.50 bits per heavy atom. The van der Waals surface area contributed by atoms with Crippen LogP contribution in [0.3, 0.4) is 0 Å². The van der Waals surface area contributed by atoms with Gasteiger partial charge in [0.25, 0.3) is 0 Å². The number of aromatic amines is 1. The van der Waals surface area contributed by atoms with E-state index in [1.807, 2.05) is 6.92 Å². The minimum atomic E-state index is 0.329. The third-order valence-corrected chi connectivity index (χ3v) is 2.08. The van der Waals surface area contributed by atoms with Gasteiger partial charge >= 0.3 is 6.01 Å². The number of aromatic nitrogens is 4. The van der Waals surface area contributed by atoms with Crippen molar-refractivity contribution in [1.29, 1.82) is 0 Å². The highest BCUT2D eigenvalue weighted by atomic mass is 35.5. The zero-order valence-electron chi connectivity index (χ0n) is 7.32. The van der Waals surface area contributed by atoms with Crippen molar-refractivity contribution in [2.24, 2.45) is 0 Å². The lowest BCUT2D eigenvalue weighted by atomic mass is 10.6. The Balaban J connectivity index is 2.77. The first kappa shape index (κ1) is 9.42. The highest BCUT2D eigenvalue weighted by Crippen LogP contribution is 2.16. The van der Waals surface area contributed by atoms with Crippen LogP contribution < -0.4 is 4.74 Å². The van der Waals surface area contributed by atoms with Gasteiger partial charge in [0.15, 0.2) is 5.65 Å². The number of fused-ring (bicyclic) bond motifs is 1. The molecular formula is C7H7ClN4OS. The Morgan fingerprint density at radius 1 is 1.71 bits per heavy atom. The van der Waals surface area contributed by atoms with Gasteiger partial charge in [0.05, 0.1) is 6.61 Å². The summed E-state index contributed by atoms with van der Waals surface area (Å²) in [6.45, 7) is 2.35. The summed E-state index contributed by atoms with van der Waals surface area (Å²) in [5, 5.41) is 6.93. The van der Waals surface area contributed by atoms with Gasteiger partial charge in [0, 0.05) is 6.07 Å². The Hall–Kier alpha value is -1.14. The smallest absolute Gasteiger partial charge is 0.306 e. The van der Waals surface area contributed by atoms with Crippen molar-refractivity contribution in [3.63, 3.8) is 0 Å². The second-order valence-electron chi connectivity index (χ2n) is 2.52. The number of hydrogen-bond acceptors (Lipinski definition) is 4. The number of halogens is 1. The molecule has 2 rings (SSSR count). The molecule has 0 saturated carbocycles. The monoisotopic (exact) mass is 230 g/mol. The van der Waals surface area contributed by atoms with Crippen LogP contribution in [0.4, 0.5) is 0 Å². The summed E-state index contributed by atoms with van der Waals surface area (Å²) < 4.78 is 7.31. The van der Waals surface area contributed by atoms with Crippen LogP contribution in [-0.2, 0) is 0 Å². The van der Waals surface area contributed by atoms with E-state index in [9.17, 15) is 0 Å². The Bertz CT molecular complexity index is 520. The lowest BCUT2D eigenvalue weighted by molar-refractivity contribution is 0.307. The van der Waals surface area contributed by atoms with Gasteiger partial charge in [-0.05, 0) is 19.1 Å². The van der Waals surface area contributed by atoms with Crippen molar-refractivity contribution in [1.82, 2.24) is 19.6 Å². The topological polar surface area (TPSA) is 55.2 Å². The Labute approximate surface area is 89.7 Å². The van der Waals surface area contributed by atoms with Gasteiger partial charge in [-0.15, -0.1) is 0 Å². The van der Waals surface area contributed by atoms with Crippen molar-refractivity contribution in [3.05, 3.63) is 16.0 Å². The van der Waals surface area contributed by atoms with Crippen molar-refractivity contribution in [2.45, 2.75) is 6.92 Å². The maximum Gasteiger partial charge on any atom is 0.306 e. The van der Waals surface area contributed by atoms with E-state index in [0.717, 1.165) is 0 Å². The first-order valence-electron chi connectivity index (χ1n) is 3.99. The van der Waals surface area contributed by atoms with Gasteiger partial charge in [0.2, 0.25) is 4.77 Å². The second-order valence-corrected chi connectivity index (χ2v) is 3.29. The third-order valence-electron chi connectivity index (χ3n) is 1.61. The molecule has 0 radical (unpaired) electrons. The lowest BCUT2D eigenvalue weighted by Gasteiger charge is -2.03. The van der Waals surface area contributed by atoms with Crippen LogP contribution >= 0.6 is 23.8 Å². The normalized spacial score (nSPS) is 10.7. The van der Waals surface area contributed by atoms with Crippen LogP contribution in [0.25, 0.3) is 5.65 Å². The third kappa shape index (κ3) is 1.46. The fraction of sp³-hybridized carbons (Fsp3) is 0.286. The number of rotatable bonds is 2. The zero-order chi connectivity index (χ0) is 10.1. The van der Waals surface area contributed by atoms with E-state index in [-0.39, 0.29) is 0 Å².